The predicted octanol–water partition coefficient (Wildman–Crippen LogP) is 2.17. The molecule has 0 radical (unpaired) electrons. The second-order valence-electron chi connectivity index (χ2n) is 3.11. The summed E-state index contributed by atoms with van der Waals surface area (Å²) in [5.74, 6) is 6.43. The van der Waals surface area contributed by atoms with Gasteiger partial charge in [0.2, 0.25) is 0 Å². The van der Waals surface area contributed by atoms with Crippen molar-refractivity contribution in [2.24, 2.45) is 0 Å². The Morgan fingerprint density at radius 3 is 3.00 bits per heavy atom. The van der Waals surface area contributed by atoms with Gasteiger partial charge in [-0.15, -0.1) is 0 Å². The molecule has 0 saturated carbocycles. The number of nitrogens with zero attached hydrogens (tertiary/aromatic N) is 2. The molecular formula is C12H10N2OS2. The second-order valence-corrected chi connectivity index (χ2v) is 5.12. The minimum absolute atomic E-state index is 0.113. The van der Waals surface area contributed by atoms with Crippen molar-refractivity contribution < 1.29 is 5.11 Å². The first-order valence-electron chi connectivity index (χ1n) is 4.97. The third-order valence-corrected chi connectivity index (χ3v) is 3.86. The van der Waals surface area contributed by atoms with Gasteiger partial charge in [-0.05, 0) is 23.2 Å². The van der Waals surface area contributed by atoms with Gasteiger partial charge in [0.05, 0.1) is 0 Å². The van der Waals surface area contributed by atoms with Gasteiger partial charge in [0.25, 0.3) is 0 Å². The molecule has 1 aromatic carbocycles. The summed E-state index contributed by atoms with van der Waals surface area (Å²) in [6.07, 6.45) is 1.56. The van der Waals surface area contributed by atoms with Crippen molar-refractivity contribution in [1.82, 2.24) is 9.36 Å². The highest BCUT2D eigenvalue weighted by molar-refractivity contribution is 8.00. The van der Waals surface area contributed by atoms with Crippen molar-refractivity contribution in [2.75, 3.05) is 6.61 Å². The minimum atomic E-state index is -0.113. The number of hydrogen-bond donors (Lipinski definition) is 1. The Morgan fingerprint density at radius 1 is 1.35 bits per heavy atom. The molecular weight excluding hydrogens is 252 g/mol. The van der Waals surface area contributed by atoms with Crippen molar-refractivity contribution in [2.45, 2.75) is 10.1 Å². The van der Waals surface area contributed by atoms with Gasteiger partial charge in [0, 0.05) is 11.3 Å². The van der Waals surface area contributed by atoms with Crippen LogP contribution in [0.15, 0.2) is 34.9 Å². The highest BCUT2D eigenvalue weighted by Gasteiger charge is 2.02. The standard InChI is InChI=1S/C12H10N2OS2/c15-7-3-6-10-4-1-2-5-11(10)8-16-12-13-9-14-17-12/h1-2,4-5,9,15H,7-8H2. The first-order chi connectivity index (χ1) is 8.40. The zero-order chi connectivity index (χ0) is 11.9. The predicted molar refractivity (Wildman–Crippen MR) is 69.9 cm³/mol. The minimum Gasteiger partial charge on any atom is -0.384 e. The van der Waals surface area contributed by atoms with Crippen molar-refractivity contribution in [3.05, 3.63) is 41.7 Å². The fourth-order valence-corrected chi connectivity index (χ4v) is 2.72. The summed E-state index contributed by atoms with van der Waals surface area (Å²) in [6, 6.07) is 7.93. The van der Waals surface area contributed by atoms with E-state index < -0.39 is 0 Å². The van der Waals surface area contributed by atoms with Crippen molar-refractivity contribution >= 4 is 23.3 Å². The highest BCUT2D eigenvalue weighted by atomic mass is 32.2. The van der Waals surface area contributed by atoms with E-state index in [1.165, 1.54) is 11.5 Å². The summed E-state index contributed by atoms with van der Waals surface area (Å²) in [6.45, 7) is -0.113. The number of rotatable bonds is 3. The lowest BCUT2D eigenvalue weighted by molar-refractivity contribution is 0.350. The molecule has 0 aliphatic rings. The van der Waals surface area contributed by atoms with Crippen LogP contribution in [0.25, 0.3) is 0 Å². The molecule has 0 aliphatic heterocycles. The number of benzene rings is 1. The van der Waals surface area contributed by atoms with Gasteiger partial charge in [0.15, 0.2) is 4.34 Å². The topological polar surface area (TPSA) is 46.0 Å². The van der Waals surface area contributed by atoms with Gasteiger partial charge in [0.1, 0.15) is 12.9 Å². The molecule has 86 valence electrons. The number of aromatic nitrogens is 2. The monoisotopic (exact) mass is 262 g/mol. The third kappa shape index (κ3) is 3.56. The smallest absolute Gasteiger partial charge is 0.170 e. The first-order valence-corrected chi connectivity index (χ1v) is 6.73. The van der Waals surface area contributed by atoms with Gasteiger partial charge in [-0.2, -0.15) is 4.37 Å². The van der Waals surface area contributed by atoms with Gasteiger partial charge in [-0.25, -0.2) is 4.98 Å². The van der Waals surface area contributed by atoms with Crippen LogP contribution in [0, 0.1) is 11.8 Å². The SMILES string of the molecule is OCC#Cc1ccccc1CSc1ncns1. The normalized spacial score (nSPS) is 9.71. The summed E-state index contributed by atoms with van der Waals surface area (Å²) in [5, 5.41) is 8.70. The number of aliphatic hydroxyl groups excluding tert-OH is 1. The maximum absolute atomic E-state index is 8.70. The van der Waals surface area contributed by atoms with E-state index in [4.69, 9.17) is 5.11 Å². The summed E-state index contributed by atoms with van der Waals surface area (Å²) < 4.78 is 4.91. The first kappa shape index (κ1) is 12.1. The Kier molecular flexibility index (Phi) is 4.56. The zero-order valence-corrected chi connectivity index (χ0v) is 10.6. The number of hydrogen-bond acceptors (Lipinski definition) is 5. The van der Waals surface area contributed by atoms with E-state index >= 15 is 0 Å². The van der Waals surface area contributed by atoms with Gasteiger partial charge in [-0.3, -0.25) is 0 Å². The van der Waals surface area contributed by atoms with Crippen molar-refractivity contribution in [3.8, 4) is 11.8 Å². The molecule has 0 spiro atoms. The fourth-order valence-electron chi connectivity index (χ4n) is 1.27. The maximum atomic E-state index is 8.70. The molecule has 2 aromatic rings. The summed E-state index contributed by atoms with van der Waals surface area (Å²) >= 11 is 3.03. The summed E-state index contributed by atoms with van der Waals surface area (Å²) in [4.78, 5) is 4.12. The fraction of sp³-hybridized carbons (Fsp3) is 0.167. The third-order valence-electron chi connectivity index (χ3n) is 2.01. The Balaban J connectivity index is 2.09. The molecule has 0 saturated heterocycles. The van der Waals surface area contributed by atoms with Crippen LogP contribution >= 0.6 is 23.3 Å². The molecule has 0 amide bonds. The average molecular weight is 262 g/mol. The average Bonchev–Trinajstić information content (AvgIpc) is 2.88. The molecule has 1 heterocycles. The van der Waals surface area contributed by atoms with Crippen LogP contribution in [-0.4, -0.2) is 21.1 Å². The van der Waals surface area contributed by atoms with Crippen LogP contribution in [0.5, 0.6) is 0 Å². The van der Waals surface area contributed by atoms with E-state index in [0.29, 0.717) is 0 Å². The number of thioether (sulfide) groups is 1. The molecule has 1 aromatic heterocycles. The van der Waals surface area contributed by atoms with E-state index in [2.05, 4.69) is 21.2 Å². The van der Waals surface area contributed by atoms with Crippen LogP contribution in [0.1, 0.15) is 11.1 Å². The largest absolute Gasteiger partial charge is 0.384 e. The van der Waals surface area contributed by atoms with Crippen LogP contribution in [0.4, 0.5) is 0 Å². The molecule has 17 heavy (non-hydrogen) atoms. The molecule has 5 heteroatoms. The van der Waals surface area contributed by atoms with Gasteiger partial charge in [-0.1, -0.05) is 41.8 Å². The Labute approximate surface area is 108 Å². The molecule has 3 nitrogen and oxygen atoms in total. The quantitative estimate of drug-likeness (QED) is 0.680. The Bertz CT molecular complexity index is 529. The molecule has 0 atom stereocenters. The Morgan fingerprint density at radius 2 is 2.24 bits per heavy atom. The lowest BCUT2D eigenvalue weighted by atomic mass is 10.1. The zero-order valence-electron chi connectivity index (χ0n) is 8.96. The molecule has 0 bridgehead atoms. The van der Waals surface area contributed by atoms with Crippen molar-refractivity contribution in [1.29, 1.82) is 0 Å². The van der Waals surface area contributed by atoms with Gasteiger partial charge >= 0.3 is 0 Å². The summed E-state index contributed by atoms with van der Waals surface area (Å²) in [7, 11) is 0. The van der Waals surface area contributed by atoms with Crippen molar-refractivity contribution in [3.63, 3.8) is 0 Å². The van der Waals surface area contributed by atoms with Gasteiger partial charge < -0.3 is 5.11 Å². The molecule has 2 rings (SSSR count). The molecule has 0 fully saturated rings. The van der Waals surface area contributed by atoms with Crippen LogP contribution in [0.2, 0.25) is 0 Å². The van der Waals surface area contributed by atoms with E-state index in [1.807, 2.05) is 24.3 Å². The Hall–Kier alpha value is -1.35. The molecule has 0 aliphatic carbocycles. The van der Waals surface area contributed by atoms with E-state index in [9.17, 15) is 0 Å². The van der Waals surface area contributed by atoms with Crippen LogP contribution in [0.3, 0.4) is 0 Å². The van der Waals surface area contributed by atoms with E-state index in [1.54, 1.807) is 18.1 Å². The van der Waals surface area contributed by atoms with Crippen LogP contribution < -0.4 is 0 Å². The van der Waals surface area contributed by atoms with E-state index in [0.717, 1.165) is 21.2 Å². The summed E-state index contributed by atoms with van der Waals surface area (Å²) in [5.41, 5.74) is 2.10. The molecule has 1 N–H and O–H groups in total. The molecule has 0 unspecified atom stereocenters. The highest BCUT2D eigenvalue weighted by Crippen LogP contribution is 2.24. The lowest BCUT2D eigenvalue weighted by Crippen LogP contribution is -1.87. The maximum Gasteiger partial charge on any atom is 0.170 e. The van der Waals surface area contributed by atoms with Crippen LogP contribution in [-0.2, 0) is 5.75 Å². The lowest BCUT2D eigenvalue weighted by Gasteiger charge is -2.02. The van der Waals surface area contributed by atoms with E-state index in [-0.39, 0.29) is 6.61 Å². The second kappa shape index (κ2) is 6.40. The number of aliphatic hydroxyl groups is 1.